The van der Waals surface area contributed by atoms with Crippen molar-refractivity contribution in [1.82, 2.24) is 5.01 Å². The van der Waals surface area contributed by atoms with E-state index in [0.29, 0.717) is 0 Å². The smallest absolute Gasteiger partial charge is 0.192 e. The fourth-order valence-electron chi connectivity index (χ4n) is 4.08. The predicted octanol–water partition coefficient (Wildman–Crippen LogP) is 5.77. The maximum Gasteiger partial charge on any atom is 0.192 e. The van der Waals surface area contributed by atoms with Crippen LogP contribution in [0.1, 0.15) is 37.4 Å². The van der Waals surface area contributed by atoms with Gasteiger partial charge in [0, 0.05) is 22.6 Å². The lowest BCUT2D eigenvalue weighted by Gasteiger charge is -2.43. The first kappa shape index (κ1) is 15.7. The fourth-order valence-corrected chi connectivity index (χ4v) is 4.26. The van der Waals surface area contributed by atoms with Crippen molar-refractivity contribution < 1.29 is 4.74 Å². The molecule has 0 bridgehead atoms. The molecule has 3 nitrogen and oxygen atoms in total. The maximum atomic E-state index is 6.26. The van der Waals surface area contributed by atoms with E-state index in [0.717, 1.165) is 28.5 Å². The normalized spacial score (nSPS) is 20.3. The average molecular weight is 363 g/mol. The zero-order valence-corrected chi connectivity index (χ0v) is 15.5. The third-order valence-electron chi connectivity index (χ3n) is 5.25. The molecule has 3 aromatic carbocycles. The van der Waals surface area contributed by atoms with Gasteiger partial charge in [0.1, 0.15) is 5.75 Å². The Bertz CT molecular complexity index is 1050. The summed E-state index contributed by atoms with van der Waals surface area (Å²) in [6.07, 6.45) is 0.841. The standard InChI is InChI=1S/C22H19ClN2O/c1-22(2)25-20(18-12-15(23)10-11-21(18)26-22)13-19(24-25)17-9-5-7-14-6-3-4-8-16(14)17/h3-12,20H,13H2,1-2H3/t20-/m1/s1. The molecule has 0 saturated carbocycles. The van der Waals surface area contributed by atoms with Gasteiger partial charge in [-0.3, -0.25) is 0 Å². The Hall–Kier alpha value is -2.52. The first-order valence-corrected chi connectivity index (χ1v) is 9.24. The minimum atomic E-state index is -0.502. The summed E-state index contributed by atoms with van der Waals surface area (Å²) in [7, 11) is 0. The molecule has 0 spiro atoms. The van der Waals surface area contributed by atoms with E-state index in [1.54, 1.807) is 0 Å². The Balaban J connectivity index is 1.64. The van der Waals surface area contributed by atoms with Gasteiger partial charge in [0.25, 0.3) is 0 Å². The molecule has 130 valence electrons. The molecule has 0 radical (unpaired) electrons. The first-order valence-electron chi connectivity index (χ1n) is 8.86. The summed E-state index contributed by atoms with van der Waals surface area (Å²) in [5.41, 5.74) is 2.89. The number of rotatable bonds is 1. The van der Waals surface area contributed by atoms with Crippen molar-refractivity contribution in [2.24, 2.45) is 5.10 Å². The Morgan fingerprint density at radius 2 is 1.88 bits per heavy atom. The molecule has 2 heterocycles. The van der Waals surface area contributed by atoms with E-state index in [-0.39, 0.29) is 6.04 Å². The van der Waals surface area contributed by atoms with Crippen molar-refractivity contribution in [2.45, 2.75) is 32.0 Å². The van der Waals surface area contributed by atoms with Crippen LogP contribution in [0.25, 0.3) is 10.8 Å². The van der Waals surface area contributed by atoms with E-state index >= 15 is 0 Å². The van der Waals surface area contributed by atoms with Crippen LogP contribution < -0.4 is 4.74 Å². The largest absolute Gasteiger partial charge is 0.467 e. The number of fused-ring (bicyclic) bond motifs is 4. The number of benzene rings is 3. The molecule has 0 amide bonds. The van der Waals surface area contributed by atoms with E-state index < -0.39 is 5.72 Å². The van der Waals surface area contributed by atoms with Crippen LogP contribution in [0.15, 0.2) is 65.8 Å². The Labute approximate surface area is 157 Å². The van der Waals surface area contributed by atoms with Gasteiger partial charge in [-0.2, -0.15) is 5.10 Å². The Kier molecular flexibility index (Phi) is 3.32. The highest BCUT2D eigenvalue weighted by Crippen LogP contribution is 2.47. The van der Waals surface area contributed by atoms with Crippen LogP contribution in [-0.2, 0) is 0 Å². The number of hydrogen-bond acceptors (Lipinski definition) is 3. The summed E-state index contributed by atoms with van der Waals surface area (Å²) >= 11 is 6.26. The van der Waals surface area contributed by atoms with Crippen molar-refractivity contribution in [1.29, 1.82) is 0 Å². The van der Waals surface area contributed by atoms with Crippen LogP contribution in [0.2, 0.25) is 5.02 Å². The van der Waals surface area contributed by atoms with Gasteiger partial charge in [0.05, 0.1) is 11.8 Å². The molecule has 4 heteroatoms. The molecular formula is C22H19ClN2O. The van der Waals surface area contributed by atoms with Gasteiger partial charge < -0.3 is 4.74 Å². The van der Waals surface area contributed by atoms with Crippen LogP contribution in [0.5, 0.6) is 5.75 Å². The lowest BCUT2D eigenvalue weighted by Crippen LogP contribution is -2.48. The van der Waals surface area contributed by atoms with E-state index in [1.165, 1.54) is 16.3 Å². The number of hydrogen-bond donors (Lipinski definition) is 0. The Morgan fingerprint density at radius 3 is 2.77 bits per heavy atom. The third-order valence-corrected chi connectivity index (χ3v) is 5.49. The molecular weight excluding hydrogens is 344 g/mol. The summed E-state index contributed by atoms with van der Waals surface area (Å²) in [5.74, 6) is 0.898. The van der Waals surface area contributed by atoms with Crippen LogP contribution >= 0.6 is 11.6 Å². The second kappa shape index (κ2) is 5.49. The van der Waals surface area contributed by atoms with Crippen molar-refractivity contribution in [3.05, 3.63) is 76.8 Å². The molecule has 2 aliphatic heterocycles. The summed E-state index contributed by atoms with van der Waals surface area (Å²) in [6, 6.07) is 20.9. The number of hydrazone groups is 1. The molecule has 0 fully saturated rings. The van der Waals surface area contributed by atoms with Crippen molar-refractivity contribution in [3.63, 3.8) is 0 Å². The molecule has 0 aromatic heterocycles. The van der Waals surface area contributed by atoms with Crippen molar-refractivity contribution in [3.8, 4) is 5.75 Å². The van der Waals surface area contributed by atoms with Crippen LogP contribution in [-0.4, -0.2) is 16.4 Å². The molecule has 3 aromatic rings. The van der Waals surface area contributed by atoms with Crippen molar-refractivity contribution >= 4 is 28.1 Å². The van der Waals surface area contributed by atoms with Gasteiger partial charge in [0.2, 0.25) is 0 Å². The van der Waals surface area contributed by atoms with Crippen LogP contribution in [0.3, 0.4) is 0 Å². The topological polar surface area (TPSA) is 24.8 Å². The third kappa shape index (κ3) is 2.31. The van der Waals surface area contributed by atoms with Gasteiger partial charge in [-0.1, -0.05) is 54.1 Å². The van der Waals surface area contributed by atoms with E-state index in [2.05, 4.69) is 61.3 Å². The summed E-state index contributed by atoms with van der Waals surface area (Å²) in [6.45, 7) is 4.13. The number of halogens is 1. The van der Waals surface area contributed by atoms with E-state index in [4.69, 9.17) is 21.4 Å². The predicted molar refractivity (Wildman–Crippen MR) is 106 cm³/mol. The minimum Gasteiger partial charge on any atom is -0.467 e. The Morgan fingerprint density at radius 1 is 1.08 bits per heavy atom. The first-order chi connectivity index (χ1) is 12.5. The van der Waals surface area contributed by atoms with Gasteiger partial charge in [0.15, 0.2) is 5.72 Å². The quantitative estimate of drug-likeness (QED) is 0.548. The zero-order chi connectivity index (χ0) is 17.9. The molecule has 1 atom stereocenters. The van der Waals surface area contributed by atoms with Gasteiger partial charge >= 0.3 is 0 Å². The lowest BCUT2D eigenvalue weighted by atomic mass is 9.93. The zero-order valence-electron chi connectivity index (χ0n) is 14.7. The van der Waals surface area contributed by atoms with Gasteiger partial charge in [-0.05, 0) is 42.8 Å². The minimum absolute atomic E-state index is 0.140. The second-order valence-corrected chi connectivity index (χ2v) is 7.81. The number of nitrogens with zero attached hydrogens (tertiary/aromatic N) is 2. The maximum absolute atomic E-state index is 6.26. The molecule has 0 aliphatic carbocycles. The van der Waals surface area contributed by atoms with Crippen LogP contribution in [0, 0.1) is 0 Å². The van der Waals surface area contributed by atoms with E-state index in [1.807, 2.05) is 18.2 Å². The second-order valence-electron chi connectivity index (χ2n) is 7.37. The lowest BCUT2D eigenvalue weighted by molar-refractivity contribution is -0.0911. The molecule has 26 heavy (non-hydrogen) atoms. The molecule has 5 rings (SSSR count). The van der Waals surface area contributed by atoms with E-state index in [9.17, 15) is 0 Å². The molecule has 0 N–H and O–H groups in total. The summed E-state index contributed by atoms with van der Waals surface area (Å²) in [4.78, 5) is 0. The highest BCUT2D eigenvalue weighted by atomic mass is 35.5. The van der Waals surface area contributed by atoms with Gasteiger partial charge in [-0.15, -0.1) is 0 Å². The fraction of sp³-hybridized carbons (Fsp3) is 0.227. The van der Waals surface area contributed by atoms with Gasteiger partial charge in [-0.25, -0.2) is 5.01 Å². The summed E-state index contributed by atoms with van der Waals surface area (Å²) in [5, 5.41) is 10.3. The molecule has 0 saturated heterocycles. The highest BCUT2D eigenvalue weighted by molar-refractivity contribution is 6.30. The summed E-state index contributed by atoms with van der Waals surface area (Å²) < 4.78 is 6.22. The van der Waals surface area contributed by atoms with Crippen molar-refractivity contribution in [2.75, 3.05) is 0 Å². The molecule has 0 unspecified atom stereocenters. The van der Waals surface area contributed by atoms with Crippen LogP contribution in [0.4, 0.5) is 0 Å². The SMILES string of the molecule is CC1(C)Oc2ccc(Cl)cc2[C@H]2CC(c3cccc4ccccc34)=NN21. The molecule has 2 aliphatic rings. The average Bonchev–Trinajstić information content (AvgIpc) is 3.09. The highest BCUT2D eigenvalue weighted by Gasteiger charge is 2.45. The monoisotopic (exact) mass is 362 g/mol. The number of ether oxygens (including phenoxy) is 1.